The van der Waals surface area contributed by atoms with Crippen molar-refractivity contribution in [3.8, 4) is 0 Å². The van der Waals surface area contributed by atoms with E-state index < -0.39 is 6.04 Å². The summed E-state index contributed by atoms with van der Waals surface area (Å²) in [6, 6.07) is 5.32. The van der Waals surface area contributed by atoms with Crippen LogP contribution in [0.15, 0.2) is 22.7 Å². The van der Waals surface area contributed by atoms with Crippen LogP contribution in [0.25, 0.3) is 0 Å². The highest BCUT2D eigenvalue weighted by Crippen LogP contribution is 2.28. The summed E-state index contributed by atoms with van der Waals surface area (Å²) in [6.07, 6.45) is 1.59. The van der Waals surface area contributed by atoms with Crippen LogP contribution in [0.2, 0.25) is 0 Å². The van der Waals surface area contributed by atoms with Crippen LogP contribution >= 0.6 is 15.9 Å². The van der Waals surface area contributed by atoms with E-state index in [1.54, 1.807) is 0 Å². The van der Waals surface area contributed by atoms with Gasteiger partial charge in [0.1, 0.15) is 0 Å². The zero-order chi connectivity index (χ0) is 13.7. The van der Waals surface area contributed by atoms with Gasteiger partial charge in [-0.3, -0.25) is 4.79 Å². The molecule has 4 nitrogen and oxygen atoms in total. The van der Waals surface area contributed by atoms with Gasteiger partial charge in [-0.2, -0.15) is 0 Å². The molecule has 0 spiro atoms. The van der Waals surface area contributed by atoms with Gasteiger partial charge < -0.3 is 16.0 Å². The number of anilines is 2. The smallest absolute Gasteiger partial charge is 0.241 e. The molecule has 100 valence electrons. The van der Waals surface area contributed by atoms with Crippen LogP contribution in [-0.4, -0.2) is 26.0 Å². The van der Waals surface area contributed by atoms with E-state index >= 15 is 0 Å². The lowest BCUT2D eigenvalue weighted by molar-refractivity contribution is -0.117. The number of nitrogens with one attached hydrogen (secondary N) is 1. The minimum Gasteiger partial charge on any atom is -0.376 e. The summed E-state index contributed by atoms with van der Waals surface area (Å²) in [5.74, 6) is -0.141. The highest BCUT2D eigenvalue weighted by molar-refractivity contribution is 9.10. The summed E-state index contributed by atoms with van der Waals surface area (Å²) < 4.78 is 0.924. The first-order chi connectivity index (χ1) is 8.45. The van der Waals surface area contributed by atoms with Crippen molar-refractivity contribution in [3.05, 3.63) is 22.7 Å². The van der Waals surface area contributed by atoms with Crippen LogP contribution in [0.5, 0.6) is 0 Å². The molecule has 18 heavy (non-hydrogen) atoms. The number of halogens is 1. The van der Waals surface area contributed by atoms with Crippen LogP contribution in [0.1, 0.15) is 19.8 Å². The van der Waals surface area contributed by atoms with Crippen LogP contribution in [0.3, 0.4) is 0 Å². The van der Waals surface area contributed by atoms with Gasteiger partial charge >= 0.3 is 0 Å². The molecular weight excluding hydrogens is 294 g/mol. The third-order valence-corrected chi connectivity index (χ3v) is 3.13. The van der Waals surface area contributed by atoms with E-state index in [-0.39, 0.29) is 5.91 Å². The van der Waals surface area contributed by atoms with Gasteiger partial charge in [-0.25, -0.2) is 0 Å². The van der Waals surface area contributed by atoms with Gasteiger partial charge in [0.25, 0.3) is 0 Å². The van der Waals surface area contributed by atoms with E-state index in [0.29, 0.717) is 6.42 Å². The summed E-state index contributed by atoms with van der Waals surface area (Å²) in [5.41, 5.74) is 7.53. The Morgan fingerprint density at radius 3 is 2.72 bits per heavy atom. The molecule has 0 unspecified atom stereocenters. The van der Waals surface area contributed by atoms with Crippen molar-refractivity contribution in [2.45, 2.75) is 25.8 Å². The van der Waals surface area contributed by atoms with Gasteiger partial charge in [-0.1, -0.05) is 29.3 Å². The first-order valence-corrected chi connectivity index (χ1v) is 6.78. The number of rotatable bonds is 5. The Bertz CT molecular complexity index is 421. The van der Waals surface area contributed by atoms with Gasteiger partial charge in [0.15, 0.2) is 0 Å². The fraction of sp³-hybridized carbons (Fsp3) is 0.462. The highest BCUT2D eigenvalue weighted by Gasteiger charge is 2.15. The van der Waals surface area contributed by atoms with E-state index in [1.165, 1.54) is 0 Å². The fourth-order valence-corrected chi connectivity index (χ4v) is 2.03. The minimum absolute atomic E-state index is 0.141. The molecular formula is C13H20BrN3O. The van der Waals surface area contributed by atoms with Gasteiger partial charge in [-0.15, -0.1) is 0 Å². The average molecular weight is 314 g/mol. The van der Waals surface area contributed by atoms with E-state index in [1.807, 2.05) is 44.1 Å². The van der Waals surface area contributed by atoms with Crippen LogP contribution in [0.4, 0.5) is 11.4 Å². The second-order valence-electron chi connectivity index (χ2n) is 4.44. The molecule has 0 saturated heterocycles. The monoisotopic (exact) mass is 313 g/mol. The second-order valence-corrected chi connectivity index (χ2v) is 5.36. The zero-order valence-corrected chi connectivity index (χ0v) is 12.6. The standard InChI is InChI=1S/C13H20BrN3O/c1-4-5-10(15)13(18)16-11-8-9(14)6-7-12(11)17(2)3/h6-8,10H,4-5,15H2,1-3H3,(H,16,18)/t10-/m1/s1. The Morgan fingerprint density at radius 1 is 1.50 bits per heavy atom. The van der Waals surface area contributed by atoms with Crippen LogP contribution in [0, 0.1) is 0 Å². The van der Waals surface area contributed by atoms with Crippen molar-refractivity contribution in [1.82, 2.24) is 0 Å². The molecule has 1 atom stereocenters. The lowest BCUT2D eigenvalue weighted by atomic mass is 10.1. The van der Waals surface area contributed by atoms with E-state index in [2.05, 4.69) is 21.2 Å². The largest absolute Gasteiger partial charge is 0.376 e. The lowest BCUT2D eigenvalue weighted by Crippen LogP contribution is -2.35. The number of carbonyl (C=O) groups is 1. The van der Waals surface area contributed by atoms with Gasteiger partial charge in [0, 0.05) is 18.6 Å². The Hall–Kier alpha value is -1.07. The van der Waals surface area contributed by atoms with Crippen LogP contribution < -0.4 is 16.0 Å². The van der Waals surface area contributed by atoms with Crippen molar-refractivity contribution in [2.24, 2.45) is 5.73 Å². The summed E-state index contributed by atoms with van der Waals surface area (Å²) in [6.45, 7) is 2.01. The third kappa shape index (κ3) is 3.99. The van der Waals surface area contributed by atoms with E-state index in [9.17, 15) is 4.79 Å². The van der Waals surface area contributed by atoms with Gasteiger partial charge in [0.05, 0.1) is 17.4 Å². The normalized spacial score (nSPS) is 12.1. The van der Waals surface area contributed by atoms with Crippen molar-refractivity contribution in [3.63, 3.8) is 0 Å². The van der Waals surface area contributed by atoms with Crippen molar-refractivity contribution < 1.29 is 4.79 Å². The lowest BCUT2D eigenvalue weighted by Gasteiger charge is -2.19. The molecule has 5 heteroatoms. The van der Waals surface area contributed by atoms with Gasteiger partial charge in [0.2, 0.25) is 5.91 Å². The molecule has 0 saturated carbocycles. The molecule has 1 aromatic carbocycles. The summed E-state index contributed by atoms with van der Waals surface area (Å²) >= 11 is 3.40. The molecule has 0 heterocycles. The molecule has 1 aromatic rings. The molecule has 0 fully saturated rings. The Balaban J connectivity index is 2.89. The molecule has 0 aromatic heterocycles. The summed E-state index contributed by atoms with van der Waals surface area (Å²) in [5, 5.41) is 2.88. The minimum atomic E-state index is -0.455. The first-order valence-electron chi connectivity index (χ1n) is 5.99. The van der Waals surface area contributed by atoms with Crippen molar-refractivity contribution in [2.75, 3.05) is 24.3 Å². The molecule has 0 aliphatic heterocycles. The molecule has 1 amide bonds. The molecule has 3 N–H and O–H groups in total. The number of hydrogen-bond donors (Lipinski definition) is 2. The van der Waals surface area contributed by atoms with Crippen molar-refractivity contribution in [1.29, 1.82) is 0 Å². The Kier molecular flexibility index (Phi) is 5.62. The van der Waals surface area contributed by atoms with Crippen molar-refractivity contribution >= 4 is 33.2 Å². The van der Waals surface area contributed by atoms with Gasteiger partial charge in [-0.05, 0) is 24.6 Å². The predicted octanol–water partition coefficient (Wildman–Crippen LogP) is 2.58. The maximum atomic E-state index is 11.9. The number of nitrogens with zero attached hydrogens (tertiary/aromatic N) is 1. The molecule has 0 aliphatic carbocycles. The summed E-state index contributed by atoms with van der Waals surface area (Å²) in [4.78, 5) is 13.9. The first kappa shape index (κ1) is 15.0. The molecule has 0 radical (unpaired) electrons. The molecule has 0 bridgehead atoms. The number of hydrogen-bond acceptors (Lipinski definition) is 3. The number of carbonyl (C=O) groups excluding carboxylic acids is 1. The van der Waals surface area contributed by atoms with Crippen LogP contribution in [-0.2, 0) is 4.79 Å². The third-order valence-electron chi connectivity index (χ3n) is 2.63. The van der Waals surface area contributed by atoms with E-state index in [0.717, 1.165) is 22.3 Å². The summed E-state index contributed by atoms with van der Waals surface area (Å²) in [7, 11) is 3.87. The Morgan fingerprint density at radius 2 is 2.17 bits per heavy atom. The maximum Gasteiger partial charge on any atom is 0.241 e. The zero-order valence-electron chi connectivity index (χ0n) is 11.0. The maximum absolute atomic E-state index is 11.9. The van der Waals surface area contributed by atoms with E-state index in [4.69, 9.17) is 5.73 Å². The molecule has 0 aliphatic rings. The predicted molar refractivity (Wildman–Crippen MR) is 80.0 cm³/mol. The Labute approximate surface area is 117 Å². The number of benzene rings is 1. The highest BCUT2D eigenvalue weighted by atomic mass is 79.9. The average Bonchev–Trinajstić information content (AvgIpc) is 2.28. The topological polar surface area (TPSA) is 58.4 Å². The fourth-order valence-electron chi connectivity index (χ4n) is 1.67. The number of amides is 1. The SMILES string of the molecule is CCC[C@@H](N)C(=O)Nc1cc(Br)ccc1N(C)C. The second kappa shape index (κ2) is 6.75. The quantitative estimate of drug-likeness (QED) is 0.878. The molecule has 1 rings (SSSR count). The number of nitrogens with two attached hydrogens (primary N) is 1.